The normalized spacial score (nSPS) is 27.9. The first-order valence-corrected chi connectivity index (χ1v) is 10.5. The van der Waals surface area contributed by atoms with Gasteiger partial charge in [0.05, 0.1) is 6.10 Å². The zero-order valence-corrected chi connectivity index (χ0v) is 17.1. The average Bonchev–Trinajstić information content (AvgIpc) is 2.77. The van der Waals surface area contributed by atoms with E-state index in [0.29, 0.717) is 11.1 Å². The molecule has 0 amide bonds. The number of piperidine rings is 1. The van der Waals surface area contributed by atoms with Gasteiger partial charge in [-0.15, -0.1) is 0 Å². The van der Waals surface area contributed by atoms with Crippen LogP contribution in [0.4, 0.5) is 13.2 Å². The molecule has 0 bridgehead atoms. The molecule has 3 nitrogen and oxygen atoms in total. The average molecular weight is 429 g/mol. The fraction of sp³-hybridized carbons (Fsp3) is 0.360. The predicted molar refractivity (Wildman–Crippen MR) is 115 cm³/mol. The lowest BCUT2D eigenvalue weighted by atomic mass is 9.65. The topological polar surface area (TPSA) is 52.5 Å². The van der Waals surface area contributed by atoms with Gasteiger partial charge in [0.25, 0.3) is 0 Å². The first-order chi connectivity index (χ1) is 14.8. The van der Waals surface area contributed by atoms with Gasteiger partial charge in [-0.25, -0.2) is 0 Å². The summed E-state index contributed by atoms with van der Waals surface area (Å²) >= 11 is 0. The number of aliphatic hydroxyl groups excluding tert-OH is 2. The molecule has 1 aliphatic heterocycles. The smallest absolute Gasteiger partial charge is 0.396 e. The molecule has 1 fully saturated rings. The minimum absolute atomic E-state index is 0.279. The fourth-order valence-electron chi connectivity index (χ4n) is 5.04. The zero-order chi connectivity index (χ0) is 22.2. The third-order valence-corrected chi connectivity index (χ3v) is 6.57. The molecule has 6 atom stereocenters. The van der Waals surface area contributed by atoms with Crippen LogP contribution in [-0.2, 0) is 0 Å². The lowest BCUT2D eigenvalue weighted by Crippen LogP contribution is -2.62. The van der Waals surface area contributed by atoms with Crippen LogP contribution >= 0.6 is 0 Å². The van der Waals surface area contributed by atoms with Gasteiger partial charge in [-0.3, -0.25) is 0 Å². The second-order valence-corrected chi connectivity index (χ2v) is 8.39. The first kappa shape index (κ1) is 21.8. The number of benzene rings is 3. The first-order valence-electron chi connectivity index (χ1n) is 10.5. The van der Waals surface area contributed by atoms with Gasteiger partial charge in [-0.1, -0.05) is 66.7 Å². The van der Waals surface area contributed by atoms with Crippen molar-refractivity contribution in [3.05, 3.63) is 83.9 Å². The Kier molecular flexibility index (Phi) is 6.06. The number of hydrogen-bond donors (Lipinski definition) is 3. The summed E-state index contributed by atoms with van der Waals surface area (Å²) in [6.07, 6.45) is -5.92. The molecule has 31 heavy (non-hydrogen) atoms. The summed E-state index contributed by atoms with van der Waals surface area (Å²) in [5, 5.41) is 25.9. The van der Waals surface area contributed by atoms with E-state index < -0.39 is 42.1 Å². The maximum absolute atomic E-state index is 14.2. The van der Waals surface area contributed by atoms with E-state index in [1.165, 1.54) is 0 Å². The largest absolute Gasteiger partial charge is 0.404 e. The minimum atomic E-state index is -4.55. The molecule has 3 aromatic carbocycles. The highest BCUT2D eigenvalue weighted by molar-refractivity contribution is 5.83. The molecule has 0 saturated carbocycles. The molecule has 0 aromatic heterocycles. The third kappa shape index (κ3) is 4.20. The molecule has 0 spiro atoms. The second-order valence-electron chi connectivity index (χ2n) is 8.39. The lowest BCUT2D eigenvalue weighted by molar-refractivity contribution is -0.195. The second kappa shape index (κ2) is 8.61. The summed E-state index contributed by atoms with van der Waals surface area (Å²) in [4.78, 5) is 0. The Morgan fingerprint density at radius 3 is 2.23 bits per heavy atom. The van der Waals surface area contributed by atoms with Crippen LogP contribution in [-0.4, -0.2) is 35.1 Å². The molecular weight excluding hydrogens is 403 g/mol. The van der Waals surface area contributed by atoms with Crippen LogP contribution in [0.1, 0.15) is 30.1 Å². The highest BCUT2D eigenvalue weighted by atomic mass is 19.4. The number of fused-ring (bicyclic) bond motifs is 1. The molecular formula is C25H26F3NO2. The maximum Gasteiger partial charge on any atom is 0.404 e. The number of rotatable bonds is 4. The molecule has 3 N–H and O–H groups in total. The van der Waals surface area contributed by atoms with Gasteiger partial charge in [-0.05, 0) is 40.8 Å². The van der Waals surface area contributed by atoms with E-state index in [-0.39, 0.29) is 6.61 Å². The van der Waals surface area contributed by atoms with Crippen molar-refractivity contribution in [2.75, 3.05) is 6.61 Å². The van der Waals surface area contributed by atoms with Crippen molar-refractivity contribution >= 4 is 10.8 Å². The summed E-state index contributed by atoms with van der Waals surface area (Å²) in [6.45, 7) is 1.38. The van der Waals surface area contributed by atoms with E-state index in [9.17, 15) is 23.4 Å². The number of nitrogens with one attached hydrogen (secondary N) is 1. The van der Waals surface area contributed by atoms with Crippen LogP contribution in [0.2, 0.25) is 0 Å². The standard InChI is InChI=1S/C25H26F3NO2/c1-15-20(14-30)21(17-8-3-2-4-9-17)22(24(29-15)25(26,27)28)23(31)19-12-11-16-7-5-6-10-18(16)13-19/h2-13,15,20-24,29-31H,14H2,1H3. The summed E-state index contributed by atoms with van der Waals surface area (Å²) < 4.78 is 42.5. The van der Waals surface area contributed by atoms with Gasteiger partial charge >= 0.3 is 6.18 Å². The van der Waals surface area contributed by atoms with Gasteiger partial charge in [0.2, 0.25) is 0 Å². The van der Waals surface area contributed by atoms with Crippen molar-refractivity contribution in [1.29, 1.82) is 0 Å². The van der Waals surface area contributed by atoms with Gasteiger partial charge in [0.1, 0.15) is 6.04 Å². The molecule has 4 rings (SSSR count). The monoisotopic (exact) mass is 429 g/mol. The van der Waals surface area contributed by atoms with Gasteiger partial charge in [-0.2, -0.15) is 13.2 Å². The molecule has 164 valence electrons. The Bertz CT molecular complexity index is 1020. The van der Waals surface area contributed by atoms with E-state index in [0.717, 1.165) is 10.8 Å². The highest BCUT2D eigenvalue weighted by Gasteiger charge is 2.56. The Labute approximate surface area is 179 Å². The molecule has 1 heterocycles. The molecule has 6 unspecified atom stereocenters. The molecule has 1 saturated heterocycles. The summed E-state index contributed by atoms with van der Waals surface area (Å²) in [7, 11) is 0. The third-order valence-electron chi connectivity index (χ3n) is 6.57. The Hall–Kier alpha value is -2.41. The highest BCUT2D eigenvalue weighted by Crippen LogP contribution is 2.49. The van der Waals surface area contributed by atoms with E-state index in [4.69, 9.17) is 0 Å². The fourth-order valence-corrected chi connectivity index (χ4v) is 5.04. The lowest BCUT2D eigenvalue weighted by Gasteiger charge is -2.49. The van der Waals surface area contributed by atoms with Gasteiger partial charge in [0, 0.05) is 24.5 Å². The number of alkyl halides is 3. The minimum Gasteiger partial charge on any atom is -0.396 e. The molecule has 1 aliphatic rings. The molecule has 0 radical (unpaired) electrons. The van der Waals surface area contributed by atoms with Crippen LogP contribution in [0.15, 0.2) is 72.8 Å². The van der Waals surface area contributed by atoms with Crippen LogP contribution in [0.25, 0.3) is 10.8 Å². The van der Waals surface area contributed by atoms with Crippen molar-refractivity contribution in [2.45, 2.75) is 37.2 Å². The van der Waals surface area contributed by atoms with Crippen molar-refractivity contribution in [3.8, 4) is 0 Å². The number of halogens is 3. The zero-order valence-electron chi connectivity index (χ0n) is 17.1. The van der Waals surface area contributed by atoms with Gasteiger partial charge < -0.3 is 15.5 Å². The summed E-state index contributed by atoms with van der Waals surface area (Å²) in [5.41, 5.74) is 1.13. The number of aliphatic hydroxyl groups is 2. The van der Waals surface area contributed by atoms with Gasteiger partial charge in [0.15, 0.2) is 0 Å². The Balaban J connectivity index is 1.84. The van der Waals surface area contributed by atoms with Crippen molar-refractivity contribution < 1.29 is 23.4 Å². The summed E-state index contributed by atoms with van der Waals surface area (Å²) in [5.74, 6) is -2.34. The molecule has 6 heteroatoms. The predicted octanol–water partition coefficient (Wildman–Crippen LogP) is 4.80. The molecule has 0 aliphatic carbocycles. The quantitative estimate of drug-likeness (QED) is 0.558. The maximum atomic E-state index is 14.2. The van der Waals surface area contributed by atoms with Crippen LogP contribution in [0.5, 0.6) is 0 Å². The SMILES string of the molecule is CC1NC(C(F)(F)F)C(C(O)c2ccc3ccccc3c2)C(c2ccccc2)C1CO. The van der Waals surface area contributed by atoms with E-state index in [2.05, 4.69) is 5.32 Å². The van der Waals surface area contributed by atoms with Crippen molar-refractivity contribution in [3.63, 3.8) is 0 Å². The van der Waals surface area contributed by atoms with Crippen molar-refractivity contribution in [1.82, 2.24) is 5.32 Å². The van der Waals surface area contributed by atoms with E-state index in [1.807, 2.05) is 30.3 Å². The summed E-state index contributed by atoms with van der Waals surface area (Å²) in [6, 6.07) is 19.2. The number of hydrogen-bond acceptors (Lipinski definition) is 3. The Morgan fingerprint density at radius 1 is 0.935 bits per heavy atom. The van der Waals surface area contributed by atoms with Crippen molar-refractivity contribution in [2.24, 2.45) is 11.8 Å². The van der Waals surface area contributed by atoms with Crippen LogP contribution < -0.4 is 5.32 Å². The van der Waals surface area contributed by atoms with Crippen LogP contribution in [0, 0.1) is 11.8 Å². The van der Waals surface area contributed by atoms with Crippen LogP contribution in [0.3, 0.4) is 0 Å². The van der Waals surface area contributed by atoms with E-state index >= 15 is 0 Å². The van der Waals surface area contributed by atoms with E-state index in [1.54, 1.807) is 49.4 Å². The molecule has 3 aromatic rings. The Morgan fingerprint density at radius 2 is 1.58 bits per heavy atom.